The van der Waals surface area contributed by atoms with E-state index >= 15 is 0 Å². The number of nitrogens with zero attached hydrogens (tertiary/aromatic N) is 1. The molecule has 3 nitrogen and oxygen atoms in total. The summed E-state index contributed by atoms with van der Waals surface area (Å²) in [6.07, 6.45) is -0.529. The Kier molecular flexibility index (Phi) is 3.21. The highest BCUT2D eigenvalue weighted by atomic mass is 19.2. The lowest BCUT2D eigenvalue weighted by molar-refractivity contribution is 0.0247. The van der Waals surface area contributed by atoms with Crippen LogP contribution in [0.5, 0.6) is 0 Å². The third-order valence-corrected chi connectivity index (χ3v) is 2.20. The third kappa shape index (κ3) is 3.32. The van der Waals surface area contributed by atoms with Crippen LogP contribution < -0.4 is 0 Å². The van der Waals surface area contributed by atoms with Gasteiger partial charge < -0.3 is 9.64 Å². The van der Waals surface area contributed by atoms with Crippen molar-refractivity contribution < 1.29 is 18.3 Å². The standard InChI is InChI=1S/C10H17F2NO2/c1-9(2,3)15-8(14)13-5-4-10(12,6-11)7-13/h4-7H2,1-3H3. The number of carbonyl (C=O) groups excluding carboxylic acids is 1. The van der Waals surface area contributed by atoms with Crippen LogP contribution in [0.3, 0.4) is 0 Å². The van der Waals surface area contributed by atoms with Crippen molar-refractivity contribution in [3.05, 3.63) is 0 Å². The molecule has 5 heteroatoms. The van der Waals surface area contributed by atoms with Gasteiger partial charge in [-0.2, -0.15) is 0 Å². The number of amides is 1. The molecule has 0 aromatic heterocycles. The lowest BCUT2D eigenvalue weighted by Crippen LogP contribution is -2.38. The number of ether oxygens (including phenoxy) is 1. The second-order valence-corrected chi connectivity index (χ2v) is 4.94. The molecule has 1 unspecified atom stereocenters. The van der Waals surface area contributed by atoms with Gasteiger partial charge in [0.25, 0.3) is 0 Å². The number of likely N-dealkylation sites (tertiary alicyclic amines) is 1. The molecule has 1 fully saturated rings. The fourth-order valence-electron chi connectivity index (χ4n) is 1.43. The summed E-state index contributed by atoms with van der Waals surface area (Å²) in [5.74, 6) is 0. The van der Waals surface area contributed by atoms with Crippen LogP contribution in [0.25, 0.3) is 0 Å². The van der Waals surface area contributed by atoms with Crippen molar-refractivity contribution in [3.8, 4) is 0 Å². The molecule has 1 heterocycles. The Hall–Kier alpha value is -0.870. The number of alkyl halides is 2. The quantitative estimate of drug-likeness (QED) is 0.680. The molecule has 0 saturated carbocycles. The maximum absolute atomic E-state index is 13.5. The van der Waals surface area contributed by atoms with E-state index in [4.69, 9.17) is 4.74 Å². The van der Waals surface area contributed by atoms with Crippen molar-refractivity contribution in [2.45, 2.75) is 38.5 Å². The predicted octanol–water partition coefficient (Wildman–Crippen LogP) is 2.31. The SMILES string of the molecule is CC(C)(C)OC(=O)N1CCC(F)(CF)C1. The van der Waals surface area contributed by atoms with E-state index in [0.29, 0.717) is 0 Å². The number of halogens is 2. The van der Waals surface area contributed by atoms with Gasteiger partial charge in [-0.05, 0) is 20.8 Å². The molecular weight excluding hydrogens is 204 g/mol. The minimum atomic E-state index is -1.88. The Morgan fingerprint density at radius 1 is 1.53 bits per heavy atom. The Labute approximate surface area is 88.4 Å². The van der Waals surface area contributed by atoms with Gasteiger partial charge in [0.05, 0.1) is 6.54 Å². The molecule has 15 heavy (non-hydrogen) atoms. The second kappa shape index (κ2) is 3.94. The molecule has 0 aliphatic carbocycles. The molecule has 1 aliphatic rings. The Balaban J connectivity index is 2.51. The lowest BCUT2D eigenvalue weighted by atomic mass is 10.1. The maximum Gasteiger partial charge on any atom is 0.410 e. The fraction of sp³-hybridized carbons (Fsp3) is 0.900. The first-order valence-electron chi connectivity index (χ1n) is 4.99. The monoisotopic (exact) mass is 221 g/mol. The Morgan fingerprint density at radius 2 is 2.13 bits per heavy atom. The first-order chi connectivity index (χ1) is 6.76. The van der Waals surface area contributed by atoms with Crippen LogP contribution in [0.4, 0.5) is 13.6 Å². The van der Waals surface area contributed by atoms with E-state index in [-0.39, 0.29) is 19.5 Å². The number of rotatable bonds is 1. The minimum Gasteiger partial charge on any atom is -0.444 e. The zero-order valence-corrected chi connectivity index (χ0v) is 9.35. The van der Waals surface area contributed by atoms with Crippen LogP contribution in [0.15, 0.2) is 0 Å². The van der Waals surface area contributed by atoms with Crippen molar-refractivity contribution in [2.75, 3.05) is 19.8 Å². The van der Waals surface area contributed by atoms with Crippen LogP contribution in [-0.4, -0.2) is 42.0 Å². The number of hydrogen-bond donors (Lipinski definition) is 0. The van der Waals surface area contributed by atoms with Gasteiger partial charge in [0.1, 0.15) is 12.3 Å². The molecule has 0 aromatic rings. The summed E-state index contributed by atoms with van der Waals surface area (Å²) in [6.45, 7) is 4.16. The van der Waals surface area contributed by atoms with Gasteiger partial charge in [0.15, 0.2) is 5.67 Å². The Bertz CT molecular complexity index is 252. The summed E-state index contributed by atoms with van der Waals surface area (Å²) in [5.41, 5.74) is -2.48. The normalized spacial score (nSPS) is 26.9. The molecule has 0 N–H and O–H groups in total. The van der Waals surface area contributed by atoms with Gasteiger partial charge in [-0.25, -0.2) is 13.6 Å². The predicted molar refractivity (Wildman–Crippen MR) is 52.2 cm³/mol. The number of hydrogen-bond acceptors (Lipinski definition) is 2. The molecule has 1 amide bonds. The average Bonchev–Trinajstić information content (AvgIpc) is 2.46. The van der Waals surface area contributed by atoms with Crippen LogP contribution in [0.1, 0.15) is 27.2 Å². The molecular formula is C10H17F2NO2. The third-order valence-electron chi connectivity index (χ3n) is 2.20. The van der Waals surface area contributed by atoms with Gasteiger partial charge >= 0.3 is 6.09 Å². The fourth-order valence-corrected chi connectivity index (χ4v) is 1.43. The van der Waals surface area contributed by atoms with Gasteiger partial charge in [0, 0.05) is 13.0 Å². The lowest BCUT2D eigenvalue weighted by Gasteiger charge is -2.24. The van der Waals surface area contributed by atoms with E-state index in [9.17, 15) is 13.6 Å². The van der Waals surface area contributed by atoms with E-state index in [0.717, 1.165) is 0 Å². The van der Waals surface area contributed by atoms with Gasteiger partial charge in [-0.15, -0.1) is 0 Å². The summed E-state index contributed by atoms with van der Waals surface area (Å²) in [4.78, 5) is 12.7. The van der Waals surface area contributed by atoms with Gasteiger partial charge in [-0.1, -0.05) is 0 Å². The molecule has 1 atom stereocenters. The van der Waals surface area contributed by atoms with E-state index in [1.807, 2.05) is 0 Å². The van der Waals surface area contributed by atoms with E-state index < -0.39 is 24.0 Å². The topological polar surface area (TPSA) is 29.5 Å². The van der Waals surface area contributed by atoms with E-state index in [2.05, 4.69) is 0 Å². The molecule has 1 rings (SSSR count). The first-order valence-corrected chi connectivity index (χ1v) is 4.99. The van der Waals surface area contributed by atoms with Crippen molar-refractivity contribution in [1.29, 1.82) is 0 Å². The average molecular weight is 221 g/mol. The van der Waals surface area contributed by atoms with Crippen molar-refractivity contribution >= 4 is 6.09 Å². The summed E-state index contributed by atoms with van der Waals surface area (Å²) in [5, 5.41) is 0. The zero-order valence-electron chi connectivity index (χ0n) is 9.35. The molecule has 0 spiro atoms. The molecule has 1 aliphatic heterocycles. The van der Waals surface area contributed by atoms with Crippen LogP contribution in [0.2, 0.25) is 0 Å². The molecule has 0 aromatic carbocycles. The highest BCUT2D eigenvalue weighted by Gasteiger charge is 2.41. The second-order valence-electron chi connectivity index (χ2n) is 4.94. The Morgan fingerprint density at radius 3 is 2.53 bits per heavy atom. The van der Waals surface area contributed by atoms with Crippen molar-refractivity contribution in [1.82, 2.24) is 4.90 Å². The van der Waals surface area contributed by atoms with Crippen LogP contribution in [-0.2, 0) is 4.74 Å². The summed E-state index contributed by atoms with van der Waals surface area (Å²) >= 11 is 0. The van der Waals surface area contributed by atoms with E-state index in [1.54, 1.807) is 20.8 Å². The van der Waals surface area contributed by atoms with Crippen molar-refractivity contribution in [2.24, 2.45) is 0 Å². The molecule has 0 bridgehead atoms. The summed E-state index contributed by atoms with van der Waals surface area (Å²) in [6, 6.07) is 0. The highest BCUT2D eigenvalue weighted by molar-refractivity contribution is 5.68. The largest absolute Gasteiger partial charge is 0.444 e. The molecule has 88 valence electrons. The first kappa shape index (κ1) is 12.2. The van der Waals surface area contributed by atoms with Crippen molar-refractivity contribution in [3.63, 3.8) is 0 Å². The van der Waals surface area contributed by atoms with Gasteiger partial charge in [-0.3, -0.25) is 0 Å². The van der Waals surface area contributed by atoms with E-state index in [1.165, 1.54) is 4.90 Å². The number of carbonyl (C=O) groups is 1. The zero-order chi connectivity index (χ0) is 11.7. The highest BCUT2D eigenvalue weighted by Crippen LogP contribution is 2.27. The summed E-state index contributed by atoms with van der Waals surface area (Å²) in [7, 11) is 0. The van der Waals surface area contributed by atoms with Crippen LogP contribution in [0, 0.1) is 0 Å². The van der Waals surface area contributed by atoms with Gasteiger partial charge in [0.2, 0.25) is 0 Å². The van der Waals surface area contributed by atoms with Crippen LogP contribution >= 0.6 is 0 Å². The summed E-state index contributed by atoms with van der Waals surface area (Å²) < 4.78 is 30.8. The molecule has 0 radical (unpaired) electrons. The minimum absolute atomic E-state index is 0.0444. The maximum atomic E-state index is 13.5. The smallest absolute Gasteiger partial charge is 0.410 e. The molecule has 1 saturated heterocycles.